The molecule has 188 valence electrons. The van der Waals surface area contributed by atoms with Crippen molar-refractivity contribution in [2.24, 2.45) is 5.92 Å². The van der Waals surface area contributed by atoms with E-state index in [4.69, 9.17) is 0 Å². The van der Waals surface area contributed by atoms with Crippen LogP contribution in [0.15, 0.2) is 42.5 Å². The predicted octanol–water partition coefficient (Wildman–Crippen LogP) is 5.38. The smallest absolute Gasteiger partial charge is 0.324 e. The van der Waals surface area contributed by atoms with Gasteiger partial charge in [0.25, 0.3) is 0 Å². The zero-order valence-electron chi connectivity index (χ0n) is 20.0. The lowest BCUT2D eigenvalue weighted by atomic mass is 9.88. The largest absolute Gasteiger partial charge is 0.338 e. The Balaban J connectivity index is 1.26. The fraction of sp³-hybridized carbons (Fsp3) is 0.481. The Kier molecular flexibility index (Phi) is 8.11. The van der Waals surface area contributed by atoms with Gasteiger partial charge in [-0.15, -0.1) is 0 Å². The van der Waals surface area contributed by atoms with Crippen molar-refractivity contribution in [3.8, 4) is 0 Å². The number of carbonyl (C=O) groups excluding carboxylic acids is 2. The molecule has 2 fully saturated rings. The van der Waals surface area contributed by atoms with Gasteiger partial charge in [0, 0.05) is 13.0 Å². The van der Waals surface area contributed by atoms with Crippen LogP contribution >= 0.6 is 0 Å². The number of piperidine rings is 2. The van der Waals surface area contributed by atoms with Crippen molar-refractivity contribution < 1.29 is 22.8 Å². The molecule has 0 saturated carbocycles. The van der Waals surface area contributed by atoms with Gasteiger partial charge in [-0.3, -0.25) is 9.69 Å². The molecular formula is C27H32F3N3O2. The Labute approximate surface area is 204 Å². The highest BCUT2D eigenvalue weighted by atomic mass is 19.2. The lowest BCUT2D eigenvalue weighted by molar-refractivity contribution is -0.134. The predicted molar refractivity (Wildman–Crippen MR) is 127 cm³/mol. The summed E-state index contributed by atoms with van der Waals surface area (Å²) in [5.74, 6) is -1.99. The molecule has 8 heteroatoms. The Bertz CT molecular complexity index is 1040. The Hall–Kier alpha value is -2.87. The molecule has 0 bridgehead atoms. The number of likely N-dealkylation sites (tertiary alicyclic amines) is 2. The van der Waals surface area contributed by atoms with Gasteiger partial charge in [-0.1, -0.05) is 25.1 Å². The van der Waals surface area contributed by atoms with Gasteiger partial charge in [0.15, 0.2) is 11.6 Å². The molecule has 0 aromatic heterocycles. The first-order valence-electron chi connectivity index (χ1n) is 12.3. The fourth-order valence-electron chi connectivity index (χ4n) is 5.21. The van der Waals surface area contributed by atoms with Crippen LogP contribution in [0.3, 0.4) is 0 Å². The van der Waals surface area contributed by atoms with E-state index in [0.29, 0.717) is 24.4 Å². The number of nitrogens with zero attached hydrogens (tertiary/aromatic N) is 2. The van der Waals surface area contributed by atoms with E-state index in [2.05, 4.69) is 10.2 Å². The third-order valence-electron chi connectivity index (χ3n) is 7.13. The molecule has 4 rings (SSSR count). The summed E-state index contributed by atoms with van der Waals surface area (Å²) in [5.41, 5.74) is 1.59. The molecule has 2 aromatic rings. The van der Waals surface area contributed by atoms with E-state index in [0.717, 1.165) is 51.0 Å². The molecule has 1 N–H and O–H groups in total. The lowest BCUT2D eigenvalue weighted by Crippen LogP contribution is -2.49. The van der Waals surface area contributed by atoms with Crippen LogP contribution in [-0.4, -0.2) is 47.9 Å². The second-order valence-corrected chi connectivity index (χ2v) is 9.75. The average molecular weight is 488 g/mol. The van der Waals surface area contributed by atoms with E-state index < -0.39 is 23.7 Å². The van der Waals surface area contributed by atoms with Crippen molar-refractivity contribution in [2.75, 3.05) is 26.2 Å². The van der Waals surface area contributed by atoms with Gasteiger partial charge in [0.1, 0.15) is 5.82 Å². The highest BCUT2D eigenvalue weighted by Crippen LogP contribution is 2.35. The first-order valence-corrected chi connectivity index (χ1v) is 12.3. The third kappa shape index (κ3) is 6.23. The van der Waals surface area contributed by atoms with Crippen LogP contribution in [0.25, 0.3) is 0 Å². The fourth-order valence-corrected chi connectivity index (χ4v) is 5.21. The summed E-state index contributed by atoms with van der Waals surface area (Å²) in [6.45, 7) is 5.04. The molecule has 35 heavy (non-hydrogen) atoms. The minimum Gasteiger partial charge on any atom is -0.338 e. The first-order chi connectivity index (χ1) is 16.8. The monoisotopic (exact) mass is 487 g/mol. The number of halogens is 3. The minimum absolute atomic E-state index is 0.0440. The number of nitrogens with one attached hydrogen (secondary N) is 1. The maximum Gasteiger partial charge on any atom is 0.324 e. The van der Waals surface area contributed by atoms with E-state index in [-0.39, 0.29) is 24.1 Å². The van der Waals surface area contributed by atoms with Gasteiger partial charge >= 0.3 is 6.03 Å². The van der Waals surface area contributed by atoms with Crippen molar-refractivity contribution in [3.63, 3.8) is 0 Å². The molecule has 2 unspecified atom stereocenters. The molecule has 2 atom stereocenters. The maximum absolute atomic E-state index is 13.8. The minimum atomic E-state index is -0.989. The van der Waals surface area contributed by atoms with Crippen LogP contribution in [0.1, 0.15) is 62.1 Å². The summed E-state index contributed by atoms with van der Waals surface area (Å²) in [6, 6.07) is 9.17. The molecular weight excluding hydrogens is 455 g/mol. The SMILES string of the molecule is CC1CC(=O)N(C(=O)NCCCN2CCC(c3ccc(F)cc3)CC2)C(c2ccc(F)c(F)c2)C1. The van der Waals surface area contributed by atoms with Gasteiger partial charge < -0.3 is 10.2 Å². The van der Waals surface area contributed by atoms with Gasteiger partial charge in [0.2, 0.25) is 5.91 Å². The van der Waals surface area contributed by atoms with Crippen LogP contribution in [0.4, 0.5) is 18.0 Å². The van der Waals surface area contributed by atoms with Crippen LogP contribution in [0, 0.1) is 23.4 Å². The van der Waals surface area contributed by atoms with Crippen molar-refractivity contribution in [3.05, 3.63) is 71.0 Å². The van der Waals surface area contributed by atoms with Gasteiger partial charge in [0.05, 0.1) is 6.04 Å². The topological polar surface area (TPSA) is 52.7 Å². The first kappa shape index (κ1) is 25.2. The number of benzene rings is 2. The van der Waals surface area contributed by atoms with E-state index in [1.165, 1.54) is 28.7 Å². The van der Waals surface area contributed by atoms with Crippen molar-refractivity contribution in [1.82, 2.24) is 15.1 Å². The van der Waals surface area contributed by atoms with Crippen LogP contribution < -0.4 is 5.32 Å². The molecule has 2 saturated heterocycles. The Morgan fingerprint density at radius 1 is 1.00 bits per heavy atom. The summed E-state index contributed by atoms with van der Waals surface area (Å²) in [5, 5.41) is 2.84. The summed E-state index contributed by atoms with van der Waals surface area (Å²) in [7, 11) is 0. The van der Waals surface area contributed by atoms with Crippen LogP contribution in [0.5, 0.6) is 0 Å². The van der Waals surface area contributed by atoms with Crippen molar-refractivity contribution in [1.29, 1.82) is 0 Å². The summed E-state index contributed by atoms with van der Waals surface area (Å²) in [6.07, 6.45) is 3.51. The number of amides is 3. The van der Waals surface area contributed by atoms with Crippen molar-refractivity contribution >= 4 is 11.9 Å². The van der Waals surface area contributed by atoms with Gasteiger partial charge in [-0.2, -0.15) is 0 Å². The van der Waals surface area contributed by atoms with Gasteiger partial charge in [-0.05, 0) is 92.5 Å². The zero-order valence-corrected chi connectivity index (χ0v) is 20.0. The Morgan fingerprint density at radius 3 is 2.37 bits per heavy atom. The number of hydrogen-bond acceptors (Lipinski definition) is 3. The second-order valence-electron chi connectivity index (χ2n) is 9.75. The van der Waals surface area contributed by atoms with Crippen molar-refractivity contribution in [2.45, 2.75) is 51.0 Å². The standard InChI is InChI=1S/C27H32F3N3O2/c1-18-15-25(21-5-8-23(29)24(30)17-21)33(26(34)16-18)27(35)31-11-2-12-32-13-9-20(10-14-32)19-3-6-22(28)7-4-19/h3-8,17-18,20,25H,2,9-16H2,1H3,(H,31,35). The molecule has 0 spiro atoms. The molecule has 2 aliphatic heterocycles. The lowest BCUT2D eigenvalue weighted by Gasteiger charge is -2.37. The average Bonchev–Trinajstić information content (AvgIpc) is 2.84. The molecule has 2 aliphatic rings. The molecule has 5 nitrogen and oxygen atoms in total. The third-order valence-corrected chi connectivity index (χ3v) is 7.13. The number of rotatable bonds is 6. The maximum atomic E-state index is 13.8. The highest BCUT2D eigenvalue weighted by molar-refractivity contribution is 5.95. The summed E-state index contributed by atoms with van der Waals surface area (Å²) >= 11 is 0. The quantitative estimate of drug-likeness (QED) is 0.557. The molecule has 0 aliphatic carbocycles. The number of carbonyl (C=O) groups is 2. The summed E-state index contributed by atoms with van der Waals surface area (Å²) < 4.78 is 40.4. The van der Waals surface area contributed by atoms with Crippen LogP contribution in [0.2, 0.25) is 0 Å². The molecule has 0 radical (unpaired) electrons. The van der Waals surface area contributed by atoms with E-state index in [9.17, 15) is 22.8 Å². The number of hydrogen-bond donors (Lipinski definition) is 1. The normalized spacial score (nSPS) is 21.8. The van der Waals surface area contributed by atoms with Gasteiger partial charge in [-0.25, -0.2) is 18.0 Å². The van der Waals surface area contributed by atoms with E-state index in [1.54, 1.807) is 0 Å². The summed E-state index contributed by atoms with van der Waals surface area (Å²) in [4.78, 5) is 29.1. The molecule has 3 amide bonds. The second kappa shape index (κ2) is 11.2. The number of imide groups is 1. The highest BCUT2D eigenvalue weighted by Gasteiger charge is 2.37. The number of urea groups is 1. The van der Waals surface area contributed by atoms with E-state index in [1.807, 2.05) is 19.1 Å². The Morgan fingerprint density at radius 2 is 1.69 bits per heavy atom. The van der Waals surface area contributed by atoms with E-state index >= 15 is 0 Å². The van der Waals surface area contributed by atoms with Crippen LogP contribution in [-0.2, 0) is 4.79 Å². The zero-order chi connectivity index (χ0) is 24.9. The molecule has 2 aromatic carbocycles. The molecule has 2 heterocycles.